The molecule has 1 fully saturated rings. The SMILES string of the molecule is COc1ccc(F)c(CN2CCN(c3c(F)cccc3C(O)c3nccs3)CC2)c1. The second-order valence-electron chi connectivity index (χ2n) is 7.17. The number of methoxy groups -OCH3 is 1. The molecule has 30 heavy (non-hydrogen) atoms. The molecule has 0 radical (unpaired) electrons. The van der Waals surface area contributed by atoms with Gasteiger partial charge in [-0.2, -0.15) is 0 Å². The number of benzene rings is 2. The Hall–Kier alpha value is -2.55. The maximum absolute atomic E-state index is 14.8. The summed E-state index contributed by atoms with van der Waals surface area (Å²) in [5, 5.41) is 13.1. The van der Waals surface area contributed by atoms with Crippen LogP contribution in [0.25, 0.3) is 0 Å². The zero-order chi connectivity index (χ0) is 21.1. The number of hydrogen-bond donors (Lipinski definition) is 1. The number of aromatic nitrogens is 1. The molecule has 5 nitrogen and oxygen atoms in total. The van der Waals surface area contributed by atoms with E-state index in [1.54, 1.807) is 43.0 Å². The lowest BCUT2D eigenvalue weighted by Gasteiger charge is -2.37. The van der Waals surface area contributed by atoms with Gasteiger partial charge in [0.2, 0.25) is 0 Å². The van der Waals surface area contributed by atoms with E-state index in [1.165, 1.54) is 23.5 Å². The van der Waals surface area contributed by atoms with Gasteiger partial charge in [0.1, 0.15) is 28.5 Å². The van der Waals surface area contributed by atoms with Gasteiger partial charge in [-0.25, -0.2) is 13.8 Å². The van der Waals surface area contributed by atoms with Crippen molar-refractivity contribution in [1.29, 1.82) is 0 Å². The third-order valence-electron chi connectivity index (χ3n) is 5.33. The largest absolute Gasteiger partial charge is 0.497 e. The summed E-state index contributed by atoms with van der Waals surface area (Å²) in [6.45, 7) is 2.91. The van der Waals surface area contributed by atoms with E-state index in [2.05, 4.69) is 9.88 Å². The number of aliphatic hydroxyl groups is 1. The molecular weight excluding hydrogens is 408 g/mol. The maximum atomic E-state index is 14.8. The van der Waals surface area contributed by atoms with Crippen LogP contribution < -0.4 is 9.64 Å². The monoisotopic (exact) mass is 431 g/mol. The van der Waals surface area contributed by atoms with E-state index in [0.717, 1.165) is 0 Å². The van der Waals surface area contributed by atoms with Crippen LogP contribution in [0.1, 0.15) is 22.2 Å². The number of ether oxygens (including phenoxy) is 1. The minimum absolute atomic E-state index is 0.263. The Labute approximate surface area is 178 Å². The van der Waals surface area contributed by atoms with Crippen LogP contribution in [0, 0.1) is 11.6 Å². The summed E-state index contributed by atoms with van der Waals surface area (Å²) < 4.78 is 34.1. The Morgan fingerprint density at radius 3 is 2.63 bits per heavy atom. The zero-order valence-corrected chi connectivity index (χ0v) is 17.4. The first-order valence-corrected chi connectivity index (χ1v) is 10.6. The summed E-state index contributed by atoms with van der Waals surface area (Å²) in [6.07, 6.45) is 0.651. The number of nitrogens with zero attached hydrogens (tertiary/aromatic N) is 3. The lowest BCUT2D eigenvalue weighted by molar-refractivity contribution is 0.217. The number of anilines is 1. The third kappa shape index (κ3) is 4.30. The minimum atomic E-state index is -0.973. The Kier molecular flexibility index (Phi) is 6.26. The Morgan fingerprint density at radius 1 is 1.13 bits per heavy atom. The number of para-hydroxylation sites is 1. The molecular formula is C22H23F2N3O2S. The van der Waals surface area contributed by atoms with Gasteiger partial charge in [-0.3, -0.25) is 4.90 Å². The van der Waals surface area contributed by atoms with Crippen molar-refractivity contribution in [2.45, 2.75) is 12.6 Å². The molecule has 1 saturated heterocycles. The smallest absolute Gasteiger partial charge is 0.146 e. The molecule has 1 atom stereocenters. The van der Waals surface area contributed by atoms with Crippen LogP contribution in [-0.2, 0) is 6.54 Å². The molecule has 0 saturated carbocycles. The van der Waals surface area contributed by atoms with E-state index in [-0.39, 0.29) is 11.6 Å². The van der Waals surface area contributed by atoms with Gasteiger partial charge in [0.15, 0.2) is 0 Å². The topological polar surface area (TPSA) is 48.8 Å². The number of rotatable bonds is 6. The Bertz CT molecular complexity index is 992. The van der Waals surface area contributed by atoms with Gasteiger partial charge in [0.25, 0.3) is 0 Å². The van der Waals surface area contributed by atoms with Crippen LogP contribution >= 0.6 is 11.3 Å². The number of thiazole rings is 1. The Morgan fingerprint density at radius 2 is 1.93 bits per heavy atom. The molecule has 1 aliphatic rings. The highest BCUT2D eigenvalue weighted by Gasteiger charge is 2.26. The van der Waals surface area contributed by atoms with Crippen molar-refractivity contribution in [3.05, 3.63) is 75.7 Å². The molecule has 0 spiro atoms. The number of halogens is 2. The third-order valence-corrected chi connectivity index (χ3v) is 6.16. The summed E-state index contributed by atoms with van der Waals surface area (Å²) in [4.78, 5) is 8.24. The van der Waals surface area contributed by atoms with Crippen molar-refractivity contribution in [3.63, 3.8) is 0 Å². The summed E-state index contributed by atoms with van der Waals surface area (Å²) in [5.41, 5.74) is 1.50. The molecule has 0 aliphatic carbocycles. The molecule has 3 aromatic rings. The van der Waals surface area contributed by atoms with Crippen LogP contribution in [-0.4, -0.2) is 48.3 Å². The van der Waals surface area contributed by atoms with Gasteiger partial charge >= 0.3 is 0 Å². The van der Waals surface area contributed by atoms with Crippen LogP contribution in [0.15, 0.2) is 48.0 Å². The van der Waals surface area contributed by atoms with Gasteiger partial charge in [0.05, 0.1) is 12.8 Å². The molecule has 0 amide bonds. The van der Waals surface area contributed by atoms with Crippen molar-refractivity contribution < 1.29 is 18.6 Å². The lowest BCUT2D eigenvalue weighted by Crippen LogP contribution is -2.46. The molecule has 2 aromatic carbocycles. The Balaban J connectivity index is 1.48. The molecule has 1 aliphatic heterocycles. The second kappa shape index (κ2) is 9.07. The lowest BCUT2D eigenvalue weighted by atomic mass is 10.0. The predicted molar refractivity (Wildman–Crippen MR) is 113 cm³/mol. The van der Waals surface area contributed by atoms with E-state index in [0.29, 0.717) is 60.3 Å². The average molecular weight is 432 g/mol. The van der Waals surface area contributed by atoms with Crippen molar-refractivity contribution in [2.24, 2.45) is 0 Å². The van der Waals surface area contributed by atoms with Crippen LogP contribution in [0.5, 0.6) is 5.75 Å². The molecule has 1 aromatic heterocycles. The summed E-state index contributed by atoms with van der Waals surface area (Å²) in [7, 11) is 1.56. The van der Waals surface area contributed by atoms with E-state index in [1.807, 2.05) is 4.90 Å². The average Bonchev–Trinajstić information content (AvgIpc) is 3.30. The highest BCUT2D eigenvalue weighted by atomic mass is 32.1. The van der Waals surface area contributed by atoms with Gasteiger partial charge in [-0.1, -0.05) is 12.1 Å². The summed E-state index contributed by atoms with van der Waals surface area (Å²) in [5.74, 6) is -0.00575. The quantitative estimate of drug-likeness (QED) is 0.643. The predicted octanol–water partition coefficient (Wildman–Crippen LogP) is 3.83. The van der Waals surface area contributed by atoms with E-state index >= 15 is 0 Å². The van der Waals surface area contributed by atoms with Crippen molar-refractivity contribution >= 4 is 17.0 Å². The first-order chi connectivity index (χ1) is 14.6. The molecule has 0 bridgehead atoms. The summed E-state index contributed by atoms with van der Waals surface area (Å²) >= 11 is 1.34. The van der Waals surface area contributed by atoms with E-state index < -0.39 is 6.10 Å². The zero-order valence-electron chi connectivity index (χ0n) is 16.6. The molecule has 4 rings (SSSR count). The minimum Gasteiger partial charge on any atom is -0.497 e. The van der Waals surface area contributed by atoms with E-state index in [4.69, 9.17) is 4.74 Å². The van der Waals surface area contributed by atoms with Crippen molar-refractivity contribution in [3.8, 4) is 5.75 Å². The fourth-order valence-electron chi connectivity index (χ4n) is 3.76. The van der Waals surface area contributed by atoms with E-state index in [9.17, 15) is 13.9 Å². The van der Waals surface area contributed by atoms with Crippen LogP contribution in [0.4, 0.5) is 14.5 Å². The number of aliphatic hydroxyl groups excluding tert-OH is 1. The van der Waals surface area contributed by atoms with Gasteiger partial charge in [-0.05, 0) is 24.3 Å². The molecule has 1 N–H and O–H groups in total. The number of piperazine rings is 1. The number of hydrogen-bond acceptors (Lipinski definition) is 6. The normalized spacial score (nSPS) is 15.9. The van der Waals surface area contributed by atoms with Crippen LogP contribution in [0.3, 0.4) is 0 Å². The summed E-state index contributed by atoms with van der Waals surface area (Å²) in [6, 6.07) is 9.47. The van der Waals surface area contributed by atoms with Crippen molar-refractivity contribution in [2.75, 3.05) is 38.2 Å². The first kappa shape index (κ1) is 20.7. The van der Waals surface area contributed by atoms with Gasteiger partial charge < -0.3 is 14.7 Å². The first-order valence-electron chi connectivity index (χ1n) is 9.72. The molecule has 158 valence electrons. The fraction of sp³-hybridized carbons (Fsp3) is 0.318. The molecule has 8 heteroatoms. The van der Waals surface area contributed by atoms with Gasteiger partial charge in [0, 0.05) is 55.4 Å². The standard InChI is InChI=1S/C22H23F2N3O2S/c1-29-16-5-6-18(23)15(13-16)14-26-8-10-27(11-9-26)20-17(3-2-4-19(20)24)21(28)22-25-7-12-30-22/h2-7,12-13,21,28H,8-11,14H2,1H3. The van der Waals surface area contributed by atoms with Crippen LogP contribution in [0.2, 0.25) is 0 Å². The molecule has 1 unspecified atom stereocenters. The second-order valence-corrected chi connectivity index (χ2v) is 8.10. The molecule has 2 heterocycles. The highest BCUT2D eigenvalue weighted by molar-refractivity contribution is 7.09. The van der Waals surface area contributed by atoms with Crippen molar-refractivity contribution in [1.82, 2.24) is 9.88 Å². The van der Waals surface area contributed by atoms with Gasteiger partial charge in [-0.15, -0.1) is 11.3 Å². The highest BCUT2D eigenvalue weighted by Crippen LogP contribution is 2.34. The maximum Gasteiger partial charge on any atom is 0.146 e. The fourth-order valence-corrected chi connectivity index (χ4v) is 4.40.